The van der Waals surface area contributed by atoms with Crippen LogP contribution in [0.5, 0.6) is 0 Å². The van der Waals surface area contributed by atoms with Crippen LogP contribution in [0, 0.1) is 5.92 Å². The quantitative estimate of drug-likeness (QED) is 0.826. The Morgan fingerprint density at radius 1 is 0.958 bits per heavy atom. The first-order chi connectivity index (χ1) is 11.5. The second-order valence-electron chi connectivity index (χ2n) is 7.05. The molecule has 0 spiro atoms. The molecule has 3 rings (SSSR count). The molecule has 1 fully saturated rings. The fourth-order valence-corrected chi connectivity index (χ4v) is 4.71. The van der Waals surface area contributed by atoms with Crippen molar-refractivity contribution in [2.75, 3.05) is 0 Å². The van der Waals surface area contributed by atoms with Gasteiger partial charge in [0.15, 0.2) is 0 Å². The first-order valence-electron chi connectivity index (χ1n) is 8.47. The van der Waals surface area contributed by atoms with E-state index in [1.807, 2.05) is 61.5 Å². The minimum atomic E-state index is -2.54. The Kier molecular flexibility index (Phi) is 5.07. The van der Waals surface area contributed by atoms with Crippen LogP contribution >= 0.6 is 0 Å². The van der Waals surface area contributed by atoms with Gasteiger partial charge in [0.2, 0.25) is 0 Å². The van der Waals surface area contributed by atoms with Crippen molar-refractivity contribution < 1.29 is 13.5 Å². The summed E-state index contributed by atoms with van der Waals surface area (Å²) in [5.41, 5.74) is 2.43. The molecule has 2 aromatic rings. The predicted molar refractivity (Wildman–Crippen MR) is 97.5 cm³/mol. The molecule has 0 aromatic heterocycles. The third kappa shape index (κ3) is 3.87. The third-order valence-corrected chi connectivity index (χ3v) is 6.31. The standard InChI is InChI=1S/C20H24O3S/c1-20(21)13-11-18(12-14-20)19(24(22)23)17-9-7-16(8-10-17)15-5-3-2-4-6-15/h2-10,18-19,21,24H,11-14H2,1H3. The summed E-state index contributed by atoms with van der Waals surface area (Å²) in [5.74, 6) is 0.0916. The van der Waals surface area contributed by atoms with E-state index >= 15 is 0 Å². The van der Waals surface area contributed by atoms with Gasteiger partial charge < -0.3 is 5.11 Å². The van der Waals surface area contributed by atoms with Gasteiger partial charge in [-0.1, -0.05) is 54.6 Å². The Hall–Kier alpha value is -1.65. The Morgan fingerprint density at radius 2 is 1.50 bits per heavy atom. The van der Waals surface area contributed by atoms with Crippen LogP contribution < -0.4 is 0 Å². The van der Waals surface area contributed by atoms with Crippen molar-refractivity contribution in [1.29, 1.82) is 0 Å². The Morgan fingerprint density at radius 3 is 2.04 bits per heavy atom. The summed E-state index contributed by atoms with van der Waals surface area (Å²) in [7, 11) is -2.54. The van der Waals surface area contributed by atoms with Crippen molar-refractivity contribution in [2.24, 2.45) is 5.92 Å². The molecule has 24 heavy (non-hydrogen) atoms. The molecule has 1 aliphatic carbocycles. The van der Waals surface area contributed by atoms with Gasteiger partial charge in [-0.05, 0) is 55.2 Å². The summed E-state index contributed by atoms with van der Waals surface area (Å²) < 4.78 is 23.8. The van der Waals surface area contributed by atoms with Gasteiger partial charge in [0.1, 0.15) is 10.7 Å². The van der Waals surface area contributed by atoms with E-state index in [2.05, 4.69) is 0 Å². The van der Waals surface area contributed by atoms with E-state index in [1.54, 1.807) is 0 Å². The zero-order valence-electron chi connectivity index (χ0n) is 13.9. The van der Waals surface area contributed by atoms with Crippen LogP contribution in [-0.4, -0.2) is 19.1 Å². The zero-order chi connectivity index (χ0) is 17.2. The highest BCUT2D eigenvalue weighted by Crippen LogP contribution is 2.40. The van der Waals surface area contributed by atoms with Gasteiger partial charge in [0.05, 0.1) is 10.9 Å². The summed E-state index contributed by atoms with van der Waals surface area (Å²) in [6.45, 7) is 1.84. The van der Waals surface area contributed by atoms with Crippen molar-refractivity contribution in [1.82, 2.24) is 0 Å². The van der Waals surface area contributed by atoms with Crippen LogP contribution in [0.4, 0.5) is 0 Å². The molecule has 0 saturated heterocycles. The SMILES string of the molecule is CC1(O)CCC(C(c2ccc(-c3ccccc3)cc2)[SH](=O)=O)CC1. The van der Waals surface area contributed by atoms with E-state index in [-0.39, 0.29) is 5.92 Å². The van der Waals surface area contributed by atoms with E-state index in [9.17, 15) is 13.5 Å². The van der Waals surface area contributed by atoms with Gasteiger partial charge in [-0.15, -0.1) is 0 Å². The van der Waals surface area contributed by atoms with Crippen LogP contribution in [0.25, 0.3) is 11.1 Å². The van der Waals surface area contributed by atoms with Crippen molar-refractivity contribution in [2.45, 2.75) is 43.5 Å². The highest BCUT2D eigenvalue weighted by Gasteiger charge is 2.34. The van der Waals surface area contributed by atoms with Gasteiger partial charge in [0, 0.05) is 0 Å². The molecule has 4 heteroatoms. The van der Waals surface area contributed by atoms with Gasteiger partial charge in [0.25, 0.3) is 0 Å². The monoisotopic (exact) mass is 344 g/mol. The normalized spacial score (nSPS) is 25.5. The summed E-state index contributed by atoms with van der Waals surface area (Å²) in [4.78, 5) is 0. The fraction of sp³-hybridized carbons (Fsp3) is 0.400. The molecule has 1 unspecified atom stereocenters. The average molecular weight is 344 g/mol. The van der Waals surface area contributed by atoms with Gasteiger partial charge in [-0.25, -0.2) is 8.42 Å². The minimum Gasteiger partial charge on any atom is -0.390 e. The summed E-state index contributed by atoms with van der Waals surface area (Å²) in [6, 6.07) is 17.9. The van der Waals surface area contributed by atoms with E-state index in [1.165, 1.54) is 0 Å². The number of benzene rings is 2. The van der Waals surface area contributed by atoms with E-state index < -0.39 is 21.6 Å². The second-order valence-corrected chi connectivity index (χ2v) is 8.18. The molecule has 1 saturated carbocycles. The minimum absolute atomic E-state index is 0.0916. The zero-order valence-corrected chi connectivity index (χ0v) is 14.8. The molecule has 1 N–H and O–H groups in total. The maximum atomic E-state index is 11.9. The number of aliphatic hydroxyl groups is 1. The molecule has 2 aromatic carbocycles. The lowest BCUT2D eigenvalue weighted by Gasteiger charge is -2.35. The molecule has 128 valence electrons. The molecule has 0 bridgehead atoms. The van der Waals surface area contributed by atoms with E-state index in [0.717, 1.165) is 29.5 Å². The highest BCUT2D eigenvalue weighted by atomic mass is 32.2. The van der Waals surface area contributed by atoms with Crippen molar-refractivity contribution in [3.05, 3.63) is 60.2 Å². The lowest BCUT2D eigenvalue weighted by molar-refractivity contribution is 0.00749. The Bertz CT molecular complexity index is 730. The smallest absolute Gasteiger partial charge is 0.147 e. The first kappa shape index (κ1) is 17.2. The van der Waals surface area contributed by atoms with Gasteiger partial charge in [-0.2, -0.15) is 0 Å². The largest absolute Gasteiger partial charge is 0.390 e. The van der Waals surface area contributed by atoms with Crippen molar-refractivity contribution >= 4 is 10.7 Å². The van der Waals surface area contributed by atoms with Crippen LogP contribution in [0.3, 0.4) is 0 Å². The Labute approximate surface area is 145 Å². The summed E-state index contributed by atoms with van der Waals surface area (Å²) >= 11 is 0. The lowest BCUT2D eigenvalue weighted by Crippen LogP contribution is -2.32. The number of rotatable bonds is 4. The molecule has 0 heterocycles. The summed E-state index contributed by atoms with van der Waals surface area (Å²) in [6.07, 6.45) is 2.84. The van der Waals surface area contributed by atoms with Crippen LogP contribution in [0.2, 0.25) is 0 Å². The molecule has 0 amide bonds. The van der Waals surface area contributed by atoms with Crippen molar-refractivity contribution in [3.8, 4) is 11.1 Å². The molecule has 1 atom stereocenters. The van der Waals surface area contributed by atoms with Gasteiger partial charge >= 0.3 is 0 Å². The molecular formula is C20H24O3S. The van der Waals surface area contributed by atoms with Crippen LogP contribution in [0.1, 0.15) is 43.4 Å². The lowest BCUT2D eigenvalue weighted by atomic mass is 9.77. The molecule has 3 nitrogen and oxygen atoms in total. The molecular weight excluding hydrogens is 320 g/mol. The summed E-state index contributed by atoms with van der Waals surface area (Å²) in [5, 5.41) is 9.64. The van der Waals surface area contributed by atoms with Gasteiger partial charge in [-0.3, -0.25) is 0 Å². The first-order valence-corrected chi connectivity index (χ1v) is 9.72. The van der Waals surface area contributed by atoms with Crippen molar-refractivity contribution in [3.63, 3.8) is 0 Å². The maximum Gasteiger partial charge on any atom is 0.147 e. The maximum absolute atomic E-state index is 11.9. The highest BCUT2D eigenvalue weighted by molar-refractivity contribution is 7.72. The Balaban J connectivity index is 1.82. The topological polar surface area (TPSA) is 54.4 Å². The third-order valence-electron chi connectivity index (χ3n) is 5.14. The van der Waals surface area contributed by atoms with Crippen LogP contribution in [-0.2, 0) is 10.7 Å². The van der Waals surface area contributed by atoms with E-state index in [4.69, 9.17) is 0 Å². The molecule has 0 radical (unpaired) electrons. The van der Waals surface area contributed by atoms with Crippen LogP contribution in [0.15, 0.2) is 54.6 Å². The number of thiol groups is 1. The number of hydrogen-bond donors (Lipinski definition) is 2. The number of hydrogen-bond acceptors (Lipinski definition) is 3. The van der Waals surface area contributed by atoms with E-state index in [0.29, 0.717) is 12.8 Å². The molecule has 0 aliphatic heterocycles. The molecule has 1 aliphatic rings. The fourth-order valence-electron chi connectivity index (χ4n) is 3.65. The average Bonchev–Trinajstić information content (AvgIpc) is 2.58. The second kappa shape index (κ2) is 7.08. The predicted octanol–water partition coefficient (Wildman–Crippen LogP) is 3.95.